The summed E-state index contributed by atoms with van der Waals surface area (Å²) in [5, 5.41) is 54.1. The molecule has 102 valence electrons. The van der Waals surface area contributed by atoms with Gasteiger partial charge in [0.15, 0.2) is 0 Å². The third-order valence-corrected chi connectivity index (χ3v) is 2.06. The number of aliphatic hydroxyl groups is 6. The standard InChI is InChI=1S/C9H18O8/c1-4(11)9(16)17-3-6(13)8(15)7(14)5(12)2-10/h4-8,10-15H,2-3H2,1H3. The molecule has 5 atom stereocenters. The van der Waals surface area contributed by atoms with Crippen LogP contribution >= 0.6 is 0 Å². The van der Waals surface area contributed by atoms with Crippen molar-refractivity contribution in [2.75, 3.05) is 13.2 Å². The van der Waals surface area contributed by atoms with E-state index in [4.69, 9.17) is 15.3 Å². The van der Waals surface area contributed by atoms with Crippen molar-refractivity contribution in [1.82, 2.24) is 0 Å². The highest BCUT2D eigenvalue weighted by atomic mass is 16.6. The summed E-state index contributed by atoms with van der Waals surface area (Å²) in [7, 11) is 0. The highest BCUT2D eigenvalue weighted by molar-refractivity contribution is 5.73. The van der Waals surface area contributed by atoms with Crippen LogP contribution in [-0.4, -0.2) is 80.3 Å². The normalized spacial score (nSPS) is 20.2. The third kappa shape index (κ3) is 5.39. The zero-order valence-electron chi connectivity index (χ0n) is 9.30. The van der Waals surface area contributed by atoms with Gasteiger partial charge in [0.05, 0.1) is 6.61 Å². The number of esters is 1. The number of carbonyl (C=O) groups is 1. The highest BCUT2D eigenvalue weighted by Crippen LogP contribution is 2.06. The topological polar surface area (TPSA) is 148 Å². The summed E-state index contributed by atoms with van der Waals surface area (Å²) < 4.78 is 4.40. The van der Waals surface area contributed by atoms with Gasteiger partial charge in [-0.05, 0) is 6.92 Å². The second kappa shape index (κ2) is 7.54. The second-order valence-corrected chi connectivity index (χ2v) is 3.60. The van der Waals surface area contributed by atoms with E-state index >= 15 is 0 Å². The minimum absolute atomic E-state index is 0.653. The Labute approximate surface area is 97.7 Å². The Balaban J connectivity index is 4.13. The summed E-state index contributed by atoms with van der Waals surface area (Å²) in [5.41, 5.74) is 0. The monoisotopic (exact) mass is 254 g/mol. The van der Waals surface area contributed by atoms with Crippen molar-refractivity contribution in [3.8, 4) is 0 Å². The molecule has 8 nitrogen and oxygen atoms in total. The Morgan fingerprint density at radius 1 is 1.06 bits per heavy atom. The number of rotatable bonds is 7. The first-order chi connectivity index (χ1) is 7.81. The molecule has 0 aromatic carbocycles. The summed E-state index contributed by atoms with van der Waals surface area (Å²) in [6, 6.07) is 0. The summed E-state index contributed by atoms with van der Waals surface area (Å²) in [4.78, 5) is 10.8. The summed E-state index contributed by atoms with van der Waals surface area (Å²) in [6.45, 7) is -0.284. The maximum absolute atomic E-state index is 10.8. The smallest absolute Gasteiger partial charge is 0.334 e. The summed E-state index contributed by atoms with van der Waals surface area (Å²) in [6.07, 6.45) is -8.20. The number of ether oxygens (including phenoxy) is 1. The third-order valence-electron chi connectivity index (χ3n) is 2.06. The predicted octanol–water partition coefficient (Wildman–Crippen LogP) is -3.65. The molecule has 0 heterocycles. The van der Waals surface area contributed by atoms with E-state index in [1.54, 1.807) is 0 Å². The van der Waals surface area contributed by atoms with Crippen LogP contribution in [0.25, 0.3) is 0 Å². The van der Waals surface area contributed by atoms with Gasteiger partial charge in [-0.25, -0.2) is 4.79 Å². The van der Waals surface area contributed by atoms with Gasteiger partial charge in [-0.3, -0.25) is 0 Å². The van der Waals surface area contributed by atoms with Crippen molar-refractivity contribution >= 4 is 5.97 Å². The largest absolute Gasteiger partial charge is 0.461 e. The molecule has 0 aliphatic heterocycles. The Morgan fingerprint density at radius 3 is 1.94 bits per heavy atom. The molecule has 17 heavy (non-hydrogen) atoms. The fourth-order valence-corrected chi connectivity index (χ4v) is 0.950. The number of aliphatic hydroxyl groups excluding tert-OH is 6. The van der Waals surface area contributed by atoms with Gasteiger partial charge in [-0.15, -0.1) is 0 Å². The lowest BCUT2D eigenvalue weighted by molar-refractivity contribution is -0.163. The van der Waals surface area contributed by atoms with E-state index in [1.807, 2.05) is 0 Å². The van der Waals surface area contributed by atoms with Gasteiger partial charge in [0, 0.05) is 0 Å². The van der Waals surface area contributed by atoms with Crippen molar-refractivity contribution in [2.45, 2.75) is 37.4 Å². The Kier molecular flexibility index (Phi) is 7.19. The fourth-order valence-electron chi connectivity index (χ4n) is 0.950. The molecule has 0 saturated heterocycles. The van der Waals surface area contributed by atoms with Crippen LogP contribution in [0.4, 0.5) is 0 Å². The molecule has 0 aromatic heterocycles. The quantitative estimate of drug-likeness (QED) is 0.255. The predicted molar refractivity (Wildman–Crippen MR) is 53.8 cm³/mol. The Hall–Kier alpha value is -0.770. The lowest BCUT2D eigenvalue weighted by Crippen LogP contribution is -2.47. The van der Waals surface area contributed by atoms with Gasteiger partial charge < -0.3 is 35.4 Å². The lowest BCUT2D eigenvalue weighted by atomic mass is 10.0. The molecule has 0 saturated carbocycles. The van der Waals surface area contributed by atoms with Crippen LogP contribution in [0.2, 0.25) is 0 Å². The molecule has 0 aliphatic carbocycles. The molecule has 0 rings (SSSR count). The van der Waals surface area contributed by atoms with Crippen LogP contribution in [0.1, 0.15) is 6.92 Å². The van der Waals surface area contributed by atoms with Gasteiger partial charge in [-0.1, -0.05) is 0 Å². The average Bonchev–Trinajstić information content (AvgIpc) is 2.32. The van der Waals surface area contributed by atoms with Crippen molar-refractivity contribution in [1.29, 1.82) is 0 Å². The minimum Gasteiger partial charge on any atom is -0.461 e. The summed E-state index contributed by atoms with van der Waals surface area (Å²) >= 11 is 0. The minimum atomic E-state index is -1.79. The second-order valence-electron chi connectivity index (χ2n) is 3.60. The SMILES string of the molecule is CC(O)C(=O)OCC(O)C(O)C(O)C(O)CO. The van der Waals surface area contributed by atoms with Gasteiger partial charge >= 0.3 is 5.97 Å². The zero-order chi connectivity index (χ0) is 13.6. The first-order valence-corrected chi connectivity index (χ1v) is 4.99. The number of hydrogen-bond acceptors (Lipinski definition) is 8. The molecular weight excluding hydrogens is 236 g/mol. The van der Waals surface area contributed by atoms with E-state index in [0.29, 0.717) is 0 Å². The first kappa shape index (κ1) is 16.2. The molecule has 0 fully saturated rings. The average molecular weight is 254 g/mol. The van der Waals surface area contributed by atoms with E-state index in [2.05, 4.69) is 4.74 Å². The molecule has 0 amide bonds. The highest BCUT2D eigenvalue weighted by Gasteiger charge is 2.30. The van der Waals surface area contributed by atoms with E-state index in [1.165, 1.54) is 0 Å². The van der Waals surface area contributed by atoms with Crippen LogP contribution in [-0.2, 0) is 9.53 Å². The van der Waals surface area contributed by atoms with E-state index in [-0.39, 0.29) is 0 Å². The van der Waals surface area contributed by atoms with Crippen molar-refractivity contribution in [3.63, 3.8) is 0 Å². The molecule has 5 unspecified atom stereocenters. The van der Waals surface area contributed by atoms with Crippen molar-refractivity contribution < 1.29 is 40.2 Å². The van der Waals surface area contributed by atoms with Gasteiger partial charge in [0.2, 0.25) is 0 Å². The maximum atomic E-state index is 10.8. The number of carbonyl (C=O) groups excluding carboxylic acids is 1. The van der Waals surface area contributed by atoms with Crippen molar-refractivity contribution in [3.05, 3.63) is 0 Å². The Morgan fingerprint density at radius 2 is 1.53 bits per heavy atom. The molecule has 0 aliphatic rings. The molecular formula is C9H18O8. The van der Waals surface area contributed by atoms with E-state index < -0.39 is 49.7 Å². The van der Waals surface area contributed by atoms with Crippen LogP contribution in [0.5, 0.6) is 0 Å². The Bertz CT molecular complexity index is 231. The maximum Gasteiger partial charge on any atom is 0.334 e. The summed E-state index contributed by atoms with van der Waals surface area (Å²) in [5.74, 6) is -0.992. The molecule has 0 aromatic rings. The van der Waals surface area contributed by atoms with Gasteiger partial charge in [0.1, 0.15) is 37.1 Å². The van der Waals surface area contributed by atoms with Crippen LogP contribution in [0.3, 0.4) is 0 Å². The molecule has 0 radical (unpaired) electrons. The molecule has 8 heteroatoms. The zero-order valence-corrected chi connectivity index (χ0v) is 9.30. The first-order valence-electron chi connectivity index (χ1n) is 4.99. The van der Waals surface area contributed by atoms with Crippen LogP contribution in [0.15, 0.2) is 0 Å². The van der Waals surface area contributed by atoms with Crippen molar-refractivity contribution in [2.24, 2.45) is 0 Å². The number of hydrogen-bond donors (Lipinski definition) is 6. The van der Waals surface area contributed by atoms with Crippen LogP contribution in [0, 0.1) is 0 Å². The molecule has 6 N–H and O–H groups in total. The van der Waals surface area contributed by atoms with E-state index in [0.717, 1.165) is 6.92 Å². The lowest BCUT2D eigenvalue weighted by Gasteiger charge is -2.25. The molecule has 0 spiro atoms. The molecule has 0 bridgehead atoms. The fraction of sp³-hybridized carbons (Fsp3) is 0.889. The van der Waals surface area contributed by atoms with Gasteiger partial charge in [-0.2, -0.15) is 0 Å². The van der Waals surface area contributed by atoms with Crippen LogP contribution < -0.4 is 0 Å². The van der Waals surface area contributed by atoms with Gasteiger partial charge in [0.25, 0.3) is 0 Å². The van der Waals surface area contributed by atoms with E-state index in [9.17, 15) is 20.1 Å².